The zero-order valence-electron chi connectivity index (χ0n) is 63.3. The van der Waals surface area contributed by atoms with Crippen molar-refractivity contribution in [2.75, 3.05) is 9.80 Å². The summed E-state index contributed by atoms with van der Waals surface area (Å²) in [6, 6.07) is 109. The minimum Gasteiger partial charge on any atom is -0.309 e. The zero-order chi connectivity index (χ0) is 72.1. The van der Waals surface area contributed by atoms with Gasteiger partial charge in [-0.25, -0.2) is 0 Å². The van der Waals surface area contributed by atoms with E-state index in [-0.39, 0.29) is 38.9 Å². The van der Waals surface area contributed by atoms with Gasteiger partial charge in [0.1, 0.15) is 0 Å². The van der Waals surface area contributed by atoms with E-state index in [1.807, 2.05) is 0 Å². The fourth-order valence-electron chi connectivity index (χ4n) is 17.1. The van der Waals surface area contributed by atoms with E-state index >= 15 is 0 Å². The molecule has 3 aliphatic rings. The second kappa shape index (κ2) is 24.5. The van der Waals surface area contributed by atoms with Gasteiger partial charge in [-0.1, -0.05) is 304 Å². The van der Waals surface area contributed by atoms with Gasteiger partial charge in [0.25, 0.3) is 0 Å². The van der Waals surface area contributed by atoms with E-state index in [1.165, 1.54) is 156 Å². The molecular formula is C101H95N3. The molecule has 2 aliphatic heterocycles. The van der Waals surface area contributed by atoms with Gasteiger partial charge in [-0.15, -0.1) is 0 Å². The van der Waals surface area contributed by atoms with Gasteiger partial charge in [0.05, 0.1) is 45.2 Å². The molecule has 1 atom stereocenters. The second-order valence-electron chi connectivity index (χ2n) is 35.0. The Morgan fingerprint density at radius 2 is 0.615 bits per heavy atom. The maximum Gasteiger partial charge on any atom is 0.0618 e. The Kier molecular flexibility index (Phi) is 15.6. The van der Waals surface area contributed by atoms with Crippen molar-refractivity contribution in [1.29, 1.82) is 0 Å². The Morgan fingerprint density at radius 3 is 1.00 bits per heavy atom. The molecule has 0 amide bonds. The van der Waals surface area contributed by atoms with Crippen molar-refractivity contribution in [3.05, 3.63) is 351 Å². The molecule has 1 aliphatic carbocycles. The van der Waals surface area contributed by atoms with Crippen LogP contribution in [0.1, 0.15) is 188 Å². The minimum atomic E-state index is -0.319. The molecule has 0 fully saturated rings. The third kappa shape index (κ3) is 11.2. The number of hydrogen-bond donors (Lipinski definition) is 0. The SMILES string of the molecule is CC(C)(C)c1cc(-c2ccccc2)c(N2c3cc(C4c5ccccc5Cc5ccccc54)ccc3C3c4ccc(-n5c6ccc(C(C)(C)C)cc6c6cc(C(C)(C)C)ccc65)cc4N(c4c(-c5ccccc5)cc(C(C)(C)C)cc4-c4ccccc4)c4cc(C(C)(C)C)cc2c43)c(-c2ccccc2)c1. The van der Waals surface area contributed by atoms with E-state index in [2.05, 4.69) is 397 Å². The van der Waals surface area contributed by atoms with Gasteiger partial charge in [0, 0.05) is 56.1 Å². The molecule has 13 aromatic carbocycles. The first-order chi connectivity index (χ1) is 49.8. The van der Waals surface area contributed by atoms with Gasteiger partial charge in [-0.2, -0.15) is 0 Å². The molecule has 0 bridgehead atoms. The summed E-state index contributed by atoms with van der Waals surface area (Å²) in [6.45, 7) is 35.5. The lowest BCUT2D eigenvalue weighted by Gasteiger charge is -2.47. The molecule has 0 radical (unpaired) electrons. The average molecular weight is 1350 g/mol. The fourth-order valence-corrected chi connectivity index (χ4v) is 17.1. The van der Waals surface area contributed by atoms with Crippen LogP contribution in [0.2, 0.25) is 0 Å². The number of rotatable bonds is 8. The third-order valence-electron chi connectivity index (χ3n) is 22.9. The van der Waals surface area contributed by atoms with E-state index in [9.17, 15) is 0 Å². The van der Waals surface area contributed by atoms with Gasteiger partial charge >= 0.3 is 0 Å². The van der Waals surface area contributed by atoms with Gasteiger partial charge in [0.15, 0.2) is 0 Å². The van der Waals surface area contributed by atoms with Crippen molar-refractivity contribution in [3.63, 3.8) is 0 Å². The Hall–Kier alpha value is -10.7. The number of benzene rings is 13. The summed E-state index contributed by atoms with van der Waals surface area (Å²) in [5.74, 6) is -0.219. The molecule has 104 heavy (non-hydrogen) atoms. The van der Waals surface area contributed by atoms with E-state index < -0.39 is 0 Å². The molecule has 1 aromatic heterocycles. The molecule has 17 rings (SSSR count). The van der Waals surface area contributed by atoms with Gasteiger partial charge < -0.3 is 14.4 Å². The molecule has 0 saturated heterocycles. The van der Waals surface area contributed by atoms with Crippen LogP contribution < -0.4 is 9.80 Å². The molecule has 0 saturated carbocycles. The summed E-state index contributed by atoms with van der Waals surface area (Å²) in [5, 5.41) is 2.54. The first kappa shape index (κ1) is 66.5. The molecule has 3 heteroatoms. The maximum atomic E-state index is 2.77. The van der Waals surface area contributed by atoms with Crippen LogP contribution in [0, 0.1) is 0 Å². The van der Waals surface area contributed by atoms with Gasteiger partial charge in [-0.3, -0.25) is 0 Å². The number of nitrogens with zero attached hydrogens (tertiary/aromatic N) is 3. The van der Waals surface area contributed by atoms with Crippen molar-refractivity contribution in [2.45, 2.75) is 149 Å². The molecule has 0 spiro atoms. The average Bonchev–Trinajstić information content (AvgIpc) is 0.802. The number of hydrogen-bond acceptors (Lipinski definition) is 2. The summed E-state index contributed by atoms with van der Waals surface area (Å²) in [7, 11) is 0. The molecule has 514 valence electrons. The number of fused-ring (bicyclic) bond motifs is 9. The minimum absolute atomic E-state index is 0.00244. The molecular weight excluding hydrogens is 1260 g/mol. The Labute approximate surface area is 617 Å². The van der Waals surface area contributed by atoms with Crippen LogP contribution >= 0.6 is 0 Å². The van der Waals surface area contributed by atoms with Crippen molar-refractivity contribution < 1.29 is 0 Å². The van der Waals surface area contributed by atoms with Crippen molar-refractivity contribution in [2.24, 2.45) is 0 Å². The maximum absolute atomic E-state index is 2.77. The van der Waals surface area contributed by atoms with Gasteiger partial charge in [-0.05, 0) is 201 Å². The van der Waals surface area contributed by atoms with Crippen LogP contribution in [0.3, 0.4) is 0 Å². The van der Waals surface area contributed by atoms with Crippen molar-refractivity contribution in [3.8, 4) is 50.2 Å². The van der Waals surface area contributed by atoms with E-state index in [0.29, 0.717) is 0 Å². The second-order valence-corrected chi connectivity index (χ2v) is 35.0. The molecule has 0 N–H and O–H groups in total. The summed E-state index contributed by atoms with van der Waals surface area (Å²) in [5.41, 5.74) is 36.3. The topological polar surface area (TPSA) is 11.4 Å². The highest BCUT2D eigenvalue weighted by Crippen LogP contribution is 2.65. The Bertz CT molecular complexity index is 5480. The van der Waals surface area contributed by atoms with Crippen LogP contribution in [0.15, 0.2) is 279 Å². The lowest BCUT2D eigenvalue weighted by molar-refractivity contribution is 0.589. The Balaban J connectivity index is 1.06. The normalized spacial score (nSPS) is 14.5. The van der Waals surface area contributed by atoms with E-state index in [0.717, 1.165) is 29.2 Å². The smallest absolute Gasteiger partial charge is 0.0618 e. The van der Waals surface area contributed by atoms with Crippen LogP contribution in [0.4, 0.5) is 34.1 Å². The lowest BCUT2D eigenvalue weighted by atomic mass is 9.71. The highest BCUT2D eigenvalue weighted by Gasteiger charge is 2.45. The predicted octanol–water partition coefficient (Wildman–Crippen LogP) is 27.8. The standard InChI is InChI=1S/C101H95N3/c1-97(2,3)70-45-50-86-84(54-70)85-55-71(98(4,5)6)46-51-87(85)102(86)75-47-49-79-89(62-75)104(96-82(65-36-24-18-25-37-65)58-73(100(10,11)12)59-83(96)66-38-26-19-27-39-66)91-61-74(101(13,14)15)60-90-94(91)93(79)78-48-44-69(92-76-42-30-28-40-67(76)52-68-41-29-31-43-77(68)92)53-88(78)103(90)95-80(63-32-20-16-21-33-63)56-72(99(7,8)9)57-81(95)64-34-22-17-23-35-64/h16-51,53-62,92-93H,52H2,1-15H3. The first-order valence-corrected chi connectivity index (χ1v) is 37.7. The molecule has 3 heterocycles. The van der Waals surface area contributed by atoms with Crippen LogP contribution in [-0.2, 0) is 33.5 Å². The highest BCUT2D eigenvalue weighted by atomic mass is 15.2. The van der Waals surface area contributed by atoms with E-state index in [4.69, 9.17) is 0 Å². The summed E-state index contributed by atoms with van der Waals surface area (Å²) >= 11 is 0. The number of anilines is 6. The lowest BCUT2D eigenvalue weighted by Crippen LogP contribution is -2.31. The van der Waals surface area contributed by atoms with Crippen molar-refractivity contribution >= 4 is 55.9 Å². The highest BCUT2D eigenvalue weighted by molar-refractivity contribution is 6.11. The van der Waals surface area contributed by atoms with Crippen LogP contribution in [-0.4, -0.2) is 4.57 Å². The van der Waals surface area contributed by atoms with Crippen molar-refractivity contribution in [1.82, 2.24) is 4.57 Å². The van der Waals surface area contributed by atoms with E-state index in [1.54, 1.807) is 0 Å². The third-order valence-corrected chi connectivity index (χ3v) is 22.9. The monoisotopic (exact) mass is 1350 g/mol. The molecule has 3 nitrogen and oxygen atoms in total. The summed E-state index contributed by atoms with van der Waals surface area (Å²) in [6.07, 6.45) is 0.908. The zero-order valence-corrected chi connectivity index (χ0v) is 63.3. The number of aromatic nitrogens is 1. The summed E-state index contributed by atoms with van der Waals surface area (Å²) in [4.78, 5) is 5.53. The molecule has 1 unspecified atom stereocenters. The molecule has 14 aromatic rings. The Morgan fingerprint density at radius 1 is 0.269 bits per heavy atom. The largest absolute Gasteiger partial charge is 0.309 e. The van der Waals surface area contributed by atoms with Crippen LogP contribution in [0.25, 0.3) is 72.0 Å². The summed E-state index contributed by atoms with van der Waals surface area (Å²) < 4.78 is 2.58. The fraction of sp³-hybridized carbons (Fsp3) is 0.228. The predicted molar refractivity (Wildman–Crippen MR) is 443 cm³/mol. The quantitative estimate of drug-likeness (QED) is 0.150. The van der Waals surface area contributed by atoms with Gasteiger partial charge in [0.2, 0.25) is 0 Å². The van der Waals surface area contributed by atoms with Crippen LogP contribution in [0.5, 0.6) is 0 Å². The first-order valence-electron chi connectivity index (χ1n) is 37.7.